The van der Waals surface area contributed by atoms with Gasteiger partial charge in [0.15, 0.2) is 0 Å². The van der Waals surface area contributed by atoms with E-state index in [1.165, 1.54) is 0 Å². The van der Waals surface area contributed by atoms with Gasteiger partial charge in [-0.3, -0.25) is 4.90 Å². The maximum atomic E-state index is 5.59. The molecule has 0 saturated carbocycles. The minimum absolute atomic E-state index is 0.564. The number of hydrogen-bond donors (Lipinski definition) is 1. The van der Waals surface area contributed by atoms with Gasteiger partial charge in [0.2, 0.25) is 0 Å². The van der Waals surface area contributed by atoms with E-state index < -0.39 is 0 Å². The summed E-state index contributed by atoms with van der Waals surface area (Å²) in [5.41, 5.74) is 0. The Hall–Kier alpha value is -0.580. The van der Waals surface area contributed by atoms with E-state index in [1.54, 1.807) is 0 Å². The van der Waals surface area contributed by atoms with Crippen LogP contribution >= 0.6 is 0 Å². The van der Waals surface area contributed by atoms with E-state index >= 15 is 0 Å². The van der Waals surface area contributed by atoms with E-state index in [0.717, 1.165) is 45.8 Å². The van der Waals surface area contributed by atoms with E-state index in [9.17, 15) is 0 Å². The van der Waals surface area contributed by atoms with Gasteiger partial charge >= 0.3 is 0 Å². The van der Waals surface area contributed by atoms with Gasteiger partial charge < -0.3 is 33.7 Å². The van der Waals surface area contributed by atoms with E-state index in [-0.39, 0.29) is 0 Å². The fourth-order valence-corrected chi connectivity index (χ4v) is 2.50. The Kier molecular flexibility index (Phi) is 19.2. The van der Waals surface area contributed by atoms with Crippen LogP contribution in [0.15, 0.2) is 12.7 Å². The van der Waals surface area contributed by atoms with E-state index in [0.29, 0.717) is 72.7 Å². The summed E-state index contributed by atoms with van der Waals surface area (Å²) in [6.07, 6.45) is 2.72. The molecule has 0 spiro atoms. The molecule has 0 aliphatic carbocycles. The van der Waals surface area contributed by atoms with Gasteiger partial charge in [0.25, 0.3) is 0 Å². The van der Waals surface area contributed by atoms with Crippen LogP contribution in [0.25, 0.3) is 0 Å². The molecule has 1 heterocycles. The number of rotatable bonds is 21. The lowest BCUT2D eigenvalue weighted by molar-refractivity contribution is -0.0174. The molecular formula is C20H40N2O6. The summed E-state index contributed by atoms with van der Waals surface area (Å²) in [5, 5.41) is 3.34. The van der Waals surface area contributed by atoms with Crippen LogP contribution in [0.1, 0.15) is 6.42 Å². The molecular weight excluding hydrogens is 364 g/mol. The molecule has 1 rings (SSSR count). The molecule has 166 valence electrons. The maximum Gasteiger partial charge on any atom is 0.0701 e. The summed E-state index contributed by atoms with van der Waals surface area (Å²) < 4.78 is 32.7. The van der Waals surface area contributed by atoms with E-state index in [4.69, 9.17) is 28.4 Å². The van der Waals surface area contributed by atoms with Crippen molar-refractivity contribution in [2.45, 2.75) is 6.42 Å². The second kappa shape index (κ2) is 21.1. The highest BCUT2D eigenvalue weighted by atomic mass is 16.6. The third-order valence-corrected chi connectivity index (χ3v) is 4.09. The summed E-state index contributed by atoms with van der Waals surface area (Å²) in [6.45, 7) is 16.3. The molecule has 1 aliphatic heterocycles. The molecule has 0 aromatic rings. The van der Waals surface area contributed by atoms with Gasteiger partial charge in [0.05, 0.1) is 79.3 Å². The molecule has 1 fully saturated rings. The molecule has 0 radical (unpaired) electrons. The second-order valence-electron chi connectivity index (χ2n) is 6.34. The van der Waals surface area contributed by atoms with Crippen molar-refractivity contribution in [3.8, 4) is 0 Å². The van der Waals surface area contributed by atoms with Gasteiger partial charge in [-0.25, -0.2) is 0 Å². The van der Waals surface area contributed by atoms with Crippen molar-refractivity contribution in [2.24, 2.45) is 0 Å². The predicted octanol–water partition coefficient (Wildman–Crippen LogP) is 0.567. The second-order valence-corrected chi connectivity index (χ2v) is 6.34. The lowest BCUT2D eigenvalue weighted by atomic mass is 10.4. The first-order chi connectivity index (χ1) is 13.9. The first-order valence-corrected chi connectivity index (χ1v) is 10.4. The van der Waals surface area contributed by atoms with Gasteiger partial charge in [-0.05, 0) is 6.42 Å². The number of nitrogens with zero attached hydrogens (tertiary/aromatic N) is 1. The van der Waals surface area contributed by atoms with Crippen molar-refractivity contribution >= 4 is 0 Å². The van der Waals surface area contributed by atoms with Gasteiger partial charge in [-0.15, -0.1) is 6.58 Å². The van der Waals surface area contributed by atoms with Crippen LogP contribution in [0, 0.1) is 0 Å². The van der Waals surface area contributed by atoms with Gasteiger partial charge in [-0.2, -0.15) is 0 Å². The molecule has 0 aromatic heterocycles. The van der Waals surface area contributed by atoms with E-state index in [2.05, 4.69) is 16.8 Å². The summed E-state index contributed by atoms with van der Waals surface area (Å²) >= 11 is 0. The highest BCUT2D eigenvalue weighted by molar-refractivity contribution is 4.66. The third-order valence-electron chi connectivity index (χ3n) is 4.09. The Morgan fingerprint density at radius 1 is 0.607 bits per heavy atom. The Balaban J connectivity index is 1.64. The molecule has 1 saturated heterocycles. The Labute approximate surface area is 170 Å². The Bertz CT molecular complexity index is 330. The maximum absolute atomic E-state index is 5.59. The zero-order valence-corrected chi connectivity index (χ0v) is 17.4. The third kappa shape index (κ3) is 17.5. The zero-order valence-electron chi connectivity index (χ0n) is 17.4. The van der Waals surface area contributed by atoms with Crippen molar-refractivity contribution in [2.75, 3.05) is 112 Å². The lowest BCUT2D eigenvalue weighted by Gasteiger charge is -2.26. The first kappa shape index (κ1) is 25.5. The molecule has 1 aliphatic rings. The number of piperazine rings is 1. The summed E-state index contributed by atoms with van der Waals surface area (Å²) in [6, 6.07) is 0. The fourth-order valence-electron chi connectivity index (χ4n) is 2.50. The zero-order chi connectivity index (χ0) is 20.0. The molecule has 8 heteroatoms. The fraction of sp³-hybridized carbons (Fsp3) is 0.900. The van der Waals surface area contributed by atoms with E-state index in [1.807, 2.05) is 6.08 Å². The highest BCUT2D eigenvalue weighted by Gasteiger charge is 2.08. The minimum atomic E-state index is 0.564. The summed E-state index contributed by atoms with van der Waals surface area (Å²) in [7, 11) is 0. The van der Waals surface area contributed by atoms with Crippen molar-refractivity contribution in [3.63, 3.8) is 0 Å². The molecule has 0 unspecified atom stereocenters. The van der Waals surface area contributed by atoms with Crippen molar-refractivity contribution in [1.29, 1.82) is 0 Å². The molecule has 0 aromatic carbocycles. The minimum Gasteiger partial charge on any atom is -0.379 e. The average molecular weight is 405 g/mol. The quantitative estimate of drug-likeness (QED) is 0.220. The number of nitrogens with one attached hydrogen (secondary N) is 1. The number of ether oxygens (including phenoxy) is 6. The molecule has 0 bridgehead atoms. The lowest BCUT2D eigenvalue weighted by Crippen LogP contribution is -2.44. The van der Waals surface area contributed by atoms with Crippen LogP contribution in [0.4, 0.5) is 0 Å². The first-order valence-electron chi connectivity index (χ1n) is 10.4. The molecule has 0 amide bonds. The number of hydrogen-bond acceptors (Lipinski definition) is 8. The topological polar surface area (TPSA) is 70.7 Å². The highest BCUT2D eigenvalue weighted by Crippen LogP contribution is 1.92. The molecule has 8 nitrogen and oxygen atoms in total. The Morgan fingerprint density at radius 2 is 1.00 bits per heavy atom. The predicted molar refractivity (Wildman–Crippen MR) is 109 cm³/mol. The Morgan fingerprint density at radius 3 is 1.43 bits per heavy atom. The summed E-state index contributed by atoms with van der Waals surface area (Å²) in [4.78, 5) is 2.42. The molecule has 0 atom stereocenters. The van der Waals surface area contributed by atoms with Crippen LogP contribution in [0.2, 0.25) is 0 Å². The molecule has 28 heavy (non-hydrogen) atoms. The largest absolute Gasteiger partial charge is 0.379 e. The SMILES string of the molecule is C=CCCOCCOCCOCCOCCOCCOCCN1CCNCC1. The van der Waals surface area contributed by atoms with Gasteiger partial charge in [0, 0.05) is 32.7 Å². The van der Waals surface area contributed by atoms with Crippen molar-refractivity contribution in [1.82, 2.24) is 10.2 Å². The molecule has 1 N–H and O–H groups in total. The standard InChI is InChI=1S/C20H40N2O6/c1-2-3-9-23-11-13-25-15-17-27-19-20-28-18-16-26-14-12-24-10-8-22-6-4-21-5-7-22/h2,21H,1,3-20H2. The smallest absolute Gasteiger partial charge is 0.0701 e. The van der Waals surface area contributed by atoms with Crippen molar-refractivity contribution in [3.05, 3.63) is 12.7 Å². The van der Waals surface area contributed by atoms with Crippen molar-refractivity contribution < 1.29 is 28.4 Å². The van der Waals surface area contributed by atoms with Crippen LogP contribution in [-0.4, -0.2) is 117 Å². The van der Waals surface area contributed by atoms with Crippen LogP contribution < -0.4 is 5.32 Å². The van der Waals surface area contributed by atoms with Crippen LogP contribution in [0.5, 0.6) is 0 Å². The van der Waals surface area contributed by atoms with Crippen LogP contribution in [-0.2, 0) is 28.4 Å². The van der Waals surface area contributed by atoms with Gasteiger partial charge in [-0.1, -0.05) is 6.08 Å². The van der Waals surface area contributed by atoms with Gasteiger partial charge in [0.1, 0.15) is 0 Å². The normalized spacial score (nSPS) is 15.1. The van der Waals surface area contributed by atoms with Crippen LogP contribution in [0.3, 0.4) is 0 Å². The summed E-state index contributed by atoms with van der Waals surface area (Å²) in [5.74, 6) is 0. The monoisotopic (exact) mass is 404 g/mol. The average Bonchev–Trinajstić information content (AvgIpc) is 2.73.